The highest BCUT2D eigenvalue weighted by Gasteiger charge is 2.51. The van der Waals surface area contributed by atoms with E-state index in [0.29, 0.717) is 34.5 Å². The fourth-order valence-corrected chi connectivity index (χ4v) is 9.40. The van der Waals surface area contributed by atoms with Gasteiger partial charge in [-0.15, -0.1) is 13.2 Å². The smallest absolute Gasteiger partial charge is 0.488 e. The summed E-state index contributed by atoms with van der Waals surface area (Å²) in [5.41, 5.74) is 3.74. The molecule has 5 aliphatic rings. The molecule has 3 aliphatic heterocycles. The van der Waals surface area contributed by atoms with E-state index in [1.165, 1.54) is 18.2 Å². The van der Waals surface area contributed by atoms with Crippen LogP contribution in [0.1, 0.15) is 61.1 Å². The largest absolute Gasteiger partial charge is 0.573 e. The molecule has 5 aromatic rings. The van der Waals surface area contributed by atoms with Crippen molar-refractivity contribution in [2.45, 2.75) is 76.0 Å². The van der Waals surface area contributed by atoms with Crippen molar-refractivity contribution in [2.75, 3.05) is 13.1 Å². The number of alkyl halides is 3. The molecule has 5 heterocycles. The Labute approximate surface area is 323 Å². The van der Waals surface area contributed by atoms with Gasteiger partial charge in [0.05, 0.1) is 40.3 Å². The van der Waals surface area contributed by atoms with Gasteiger partial charge in [-0.2, -0.15) is 5.26 Å². The van der Waals surface area contributed by atoms with Gasteiger partial charge in [-0.25, -0.2) is 9.37 Å². The van der Waals surface area contributed by atoms with Gasteiger partial charge in [0.15, 0.2) is 5.82 Å². The second kappa shape index (κ2) is 13.6. The van der Waals surface area contributed by atoms with Crippen LogP contribution < -0.4 is 14.8 Å². The maximum absolute atomic E-state index is 17.2. The van der Waals surface area contributed by atoms with Crippen LogP contribution in [0.2, 0.25) is 10.0 Å². The molecule has 1 N–H and O–H groups in total. The number of pyridine rings is 1. The lowest BCUT2D eigenvalue weighted by Gasteiger charge is -2.39. The monoisotopic (exact) mass is 791 g/mol. The molecule has 0 unspecified atom stereocenters. The number of fused-ring (bicyclic) bond motifs is 4. The number of benzene rings is 3. The summed E-state index contributed by atoms with van der Waals surface area (Å²) in [5.74, 6) is -0.509. The average molecular weight is 793 g/mol. The molecule has 10 rings (SSSR count). The van der Waals surface area contributed by atoms with Crippen LogP contribution in [-0.2, 0) is 11.2 Å². The zero-order chi connectivity index (χ0) is 38.3. The molecular formula is C41H35Cl2F4N5O3. The van der Waals surface area contributed by atoms with Gasteiger partial charge in [-0.05, 0) is 74.4 Å². The number of nitrogens with one attached hydrogen (secondary N) is 1. The number of hydrogen-bond donors (Lipinski definition) is 1. The Morgan fingerprint density at radius 3 is 2.56 bits per heavy atom. The predicted octanol–water partition coefficient (Wildman–Crippen LogP) is 9.63. The first-order valence-electron chi connectivity index (χ1n) is 18.4. The van der Waals surface area contributed by atoms with Crippen LogP contribution in [0.25, 0.3) is 32.9 Å². The molecule has 55 heavy (non-hydrogen) atoms. The summed E-state index contributed by atoms with van der Waals surface area (Å²) in [7, 11) is 0. The number of carbonyl (C=O) groups is 1. The Balaban J connectivity index is 1.21. The Hall–Kier alpha value is -4.57. The van der Waals surface area contributed by atoms with Crippen molar-refractivity contribution in [1.82, 2.24) is 19.8 Å². The van der Waals surface area contributed by atoms with Gasteiger partial charge < -0.3 is 24.3 Å². The van der Waals surface area contributed by atoms with Gasteiger partial charge in [0.2, 0.25) is 5.91 Å². The van der Waals surface area contributed by atoms with Gasteiger partial charge >= 0.3 is 6.36 Å². The van der Waals surface area contributed by atoms with E-state index < -0.39 is 30.1 Å². The molecule has 8 nitrogen and oxygen atoms in total. The molecule has 2 aliphatic carbocycles. The summed E-state index contributed by atoms with van der Waals surface area (Å²) < 4.78 is 69.0. The average Bonchev–Trinajstić information content (AvgIpc) is 3.42. The minimum Gasteiger partial charge on any atom is -0.488 e. The number of aromatic nitrogens is 2. The molecule has 3 aromatic carbocycles. The lowest BCUT2D eigenvalue weighted by atomic mass is 9.79. The molecular weight excluding hydrogens is 757 g/mol. The second-order valence-corrected chi connectivity index (χ2v) is 15.8. The van der Waals surface area contributed by atoms with E-state index in [0.717, 1.165) is 42.4 Å². The normalized spacial score (nSPS) is 23.3. The summed E-state index contributed by atoms with van der Waals surface area (Å²) in [6.07, 6.45) is -2.00. The number of nitriles is 1. The van der Waals surface area contributed by atoms with Crippen LogP contribution in [0.3, 0.4) is 0 Å². The topological polar surface area (TPSA) is 92.4 Å². The Morgan fingerprint density at radius 2 is 1.85 bits per heavy atom. The number of ether oxygens (including phenoxy) is 2. The number of likely N-dealkylation sites (tertiary alicyclic amines) is 1. The predicted molar refractivity (Wildman–Crippen MR) is 200 cm³/mol. The van der Waals surface area contributed by atoms with Crippen LogP contribution in [0.15, 0.2) is 54.6 Å². The van der Waals surface area contributed by atoms with Gasteiger partial charge in [0, 0.05) is 70.7 Å². The minimum absolute atomic E-state index is 0.0179. The Bertz CT molecular complexity index is 2410. The van der Waals surface area contributed by atoms with E-state index in [4.69, 9.17) is 32.9 Å². The van der Waals surface area contributed by atoms with Crippen molar-refractivity contribution in [3.05, 3.63) is 87.4 Å². The zero-order valence-electron chi connectivity index (χ0n) is 29.6. The SMILES string of the molecule is Cc1nc2c(F)c(-c3cccc(Cl)c3Cl)c(CCC#N)cc2c2c1cc([C@H]1C[C@H](Oc3cccc(OC(F)(F)F)c3)CN1C(=O)C1CC1)n2[C@H]1[C@H]2CN[C@@H]1C2. The summed E-state index contributed by atoms with van der Waals surface area (Å²) in [6.45, 7) is 2.92. The number of nitrogens with zero attached hydrogens (tertiary/aromatic N) is 4. The second-order valence-electron chi connectivity index (χ2n) is 15.1. The number of hydrogen-bond acceptors (Lipinski definition) is 6. The van der Waals surface area contributed by atoms with Crippen LogP contribution in [0.4, 0.5) is 17.6 Å². The minimum atomic E-state index is -4.85. The van der Waals surface area contributed by atoms with Crippen molar-refractivity contribution < 1.29 is 31.8 Å². The first-order chi connectivity index (χ1) is 26.4. The molecule has 2 bridgehead atoms. The summed E-state index contributed by atoms with van der Waals surface area (Å²) in [5, 5.41) is 15.1. The third kappa shape index (κ3) is 6.34. The number of carbonyl (C=O) groups excluding carboxylic acids is 1. The quantitative estimate of drug-likeness (QED) is 0.150. The maximum Gasteiger partial charge on any atom is 0.573 e. The van der Waals surface area contributed by atoms with Gasteiger partial charge in [-0.1, -0.05) is 41.4 Å². The molecule has 5 fully saturated rings. The molecule has 5 atom stereocenters. The van der Waals surface area contributed by atoms with Crippen molar-refractivity contribution in [1.29, 1.82) is 5.26 Å². The van der Waals surface area contributed by atoms with Gasteiger partial charge in [-0.3, -0.25) is 4.79 Å². The fraction of sp³-hybridized carbons (Fsp3) is 0.390. The maximum atomic E-state index is 17.2. The van der Waals surface area contributed by atoms with E-state index in [-0.39, 0.29) is 70.2 Å². The highest BCUT2D eigenvalue weighted by atomic mass is 35.5. The molecule has 14 heteroatoms. The number of aryl methyl sites for hydroxylation is 2. The van der Waals surface area contributed by atoms with Gasteiger partial charge in [0.25, 0.3) is 0 Å². The standard InChI is InChI=1S/C41H35Cl2F4N5O3/c1-20-28-17-33(32-16-26(19-51(32)40(53)21-10-11-21)54-24-6-2-7-25(15-24)55-41(45,46)47)52(38-23-14-31(38)49-18-23)39(28)29-13-22(5-4-12-48)34(36(44)37(29)50-20)27-8-3-9-30(42)35(27)43/h2-3,6-9,13,15,17,21,23,26,31-32,38,49H,4-5,10-11,14,16,18-19H2,1H3/t23-,26+,31-,32-,38+/m1/s1. The van der Waals surface area contributed by atoms with Crippen molar-refractivity contribution in [3.8, 4) is 28.7 Å². The molecule has 3 saturated heterocycles. The zero-order valence-corrected chi connectivity index (χ0v) is 31.1. The lowest BCUT2D eigenvalue weighted by molar-refractivity contribution is -0.274. The van der Waals surface area contributed by atoms with Crippen LogP contribution in [0.5, 0.6) is 11.5 Å². The number of rotatable bonds is 9. The number of amides is 1. The van der Waals surface area contributed by atoms with Crippen LogP contribution in [0, 0.1) is 35.9 Å². The highest BCUT2D eigenvalue weighted by molar-refractivity contribution is 6.43. The Morgan fingerprint density at radius 1 is 1.07 bits per heavy atom. The fourth-order valence-electron chi connectivity index (χ4n) is 9.01. The van der Waals surface area contributed by atoms with Crippen LogP contribution >= 0.6 is 23.2 Å². The van der Waals surface area contributed by atoms with Gasteiger partial charge in [0.1, 0.15) is 23.1 Å². The van der Waals surface area contributed by atoms with E-state index in [9.17, 15) is 23.2 Å². The van der Waals surface area contributed by atoms with Crippen molar-refractivity contribution >= 4 is 50.9 Å². The van der Waals surface area contributed by atoms with Crippen molar-refractivity contribution in [2.24, 2.45) is 11.8 Å². The summed E-state index contributed by atoms with van der Waals surface area (Å²) >= 11 is 13.1. The molecule has 2 aromatic heterocycles. The van der Waals surface area contributed by atoms with Crippen LogP contribution in [-0.4, -0.2) is 52.0 Å². The molecule has 2 saturated carbocycles. The molecule has 0 spiro atoms. The van der Waals surface area contributed by atoms with Crippen molar-refractivity contribution in [3.63, 3.8) is 0 Å². The third-order valence-corrected chi connectivity index (χ3v) is 12.4. The van der Waals surface area contributed by atoms with E-state index in [2.05, 4.69) is 26.8 Å². The molecule has 0 radical (unpaired) electrons. The van der Waals surface area contributed by atoms with E-state index in [1.54, 1.807) is 24.3 Å². The summed E-state index contributed by atoms with van der Waals surface area (Å²) in [4.78, 5) is 20.7. The van der Waals surface area contributed by atoms with E-state index >= 15 is 4.39 Å². The van der Waals surface area contributed by atoms with E-state index in [1.807, 2.05) is 17.9 Å². The summed E-state index contributed by atoms with van der Waals surface area (Å²) in [6, 6.07) is 16.4. The first-order valence-corrected chi connectivity index (χ1v) is 19.2. The third-order valence-electron chi connectivity index (χ3n) is 11.6. The Kier molecular flexibility index (Phi) is 8.90. The molecule has 284 valence electrons. The molecule has 1 amide bonds. The lowest BCUT2D eigenvalue weighted by Crippen LogP contribution is -2.41. The first kappa shape index (κ1) is 36.1. The number of halogens is 6. The highest BCUT2D eigenvalue weighted by Crippen LogP contribution is 2.51.